The molecule has 0 bridgehead atoms. The molecule has 0 spiro atoms. The Kier molecular flexibility index (Phi) is 10.1. The highest BCUT2D eigenvalue weighted by Crippen LogP contribution is 2.50. The van der Waals surface area contributed by atoms with Crippen molar-refractivity contribution in [2.45, 2.75) is 43.9 Å². The lowest BCUT2D eigenvalue weighted by Crippen LogP contribution is -2.29. The van der Waals surface area contributed by atoms with Gasteiger partial charge in [-0.25, -0.2) is 18.4 Å². The number of ether oxygens (including phenoxy) is 1. The van der Waals surface area contributed by atoms with E-state index in [0.717, 1.165) is 42.6 Å². The van der Waals surface area contributed by atoms with Gasteiger partial charge in [0.15, 0.2) is 0 Å². The molecule has 1 aliphatic carbocycles. The number of hydrogen-bond donors (Lipinski definition) is 3. The van der Waals surface area contributed by atoms with Gasteiger partial charge in [-0.1, -0.05) is 37.3 Å². The number of benzene rings is 3. The van der Waals surface area contributed by atoms with Crippen molar-refractivity contribution in [2.24, 2.45) is 0 Å². The van der Waals surface area contributed by atoms with E-state index in [4.69, 9.17) is 5.11 Å². The van der Waals surface area contributed by atoms with Crippen LogP contribution in [0.3, 0.4) is 0 Å². The summed E-state index contributed by atoms with van der Waals surface area (Å²) < 4.78 is 98.4. The van der Waals surface area contributed by atoms with E-state index in [0.29, 0.717) is 11.6 Å². The number of anilines is 1. The van der Waals surface area contributed by atoms with E-state index in [-0.39, 0.29) is 29.7 Å². The van der Waals surface area contributed by atoms with Crippen LogP contribution in [0.25, 0.3) is 11.1 Å². The second kappa shape index (κ2) is 13.7. The van der Waals surface area contributed by atoms with Crippen LogP contribution in [-0.2, 0) is 16.1 Å². The van der Waals surface area contributed by atoms with Gasteiger partial charge in [-0.3, -0.25) is 9.78 Å². The molecule has 4 aromatic rings. The summed E-state index contributed by atoms with van der Waals surface area (Å²) in [7, 11) is 0. The second-order valence-electron chi connectivity index (χ2n) is 10.6. The van der Waals surface area contributed by atoms with Gasteiger partial charge in [0, 0.05) is 41.1 Å². The fraction of sp³-hybridized carbons (Fsp3) is 0.212. The number of carboxylic acids is 2. The fourth-order valence-corrected chi connectivity index (χ4v) is 4.74. The number of rotatable bonds is 9. The highest BCUT2D eigenvalue weighted by atomic mass is 19.4. The molecule has 5 rings (SSSR count). The number of halogens is 7. The van der Waals surface area contributed by atoms with Gasteiger partial charge in [-0.2, -0.15) is 8.78 Å². The quantitative estimate of drug-likeness (QED) is 0.153. The lowest BCUT2D eigenvalue weighted by Gasteiger charge is -2.19. The molecule has 3 N–H and O–H groups in total. The average Bonchev–Trinajstić information content (AvgIpc) is 3.83. The number of hydrogen-bond acceptors (Lipinski definition) is 5. The highest BCUT2D eigenvalue weighted by molar-refractivity contribution is 6.03. The molecule has 3 aromatic carbocycles. The van der Waals surface area contributed by atoms with Gasteiger partial charge < -0.3 is 20.3 Å². The maximum Gasteiger partial charge on any atom is 0.573 e. The second-order valence-corrected chi connectivity index (χ2v) is 10.6. The Morgan fingerprint density at radius 3 is 2.02 bits per heavy atom. The van der Waals surface area contributed by atoms with Crippen LogP contribution in [0.2, 0.25) is 0 Å². The molecule has 0 aliphatic heterocycles. The van der Waals surface area contributed by atoms with E-state index in [1.807, 2.05) is 0 Å². The van der Waals surface area contributed by atoms with Crippen LogP contribution in [0.5, 0.6) is 5.75 Å². The molecule has 8 nitrogen and oxygen atoms in total. The van der Waals surface area contributed by atoms with Gasteiger partial charge in [0.25, 0.3) is 5.92 Å². The van der Waals surface area contributed by atoms with Gasteiger partial charge >= 0.3 is 18.3 Å². The molecule has 0 atom stereocenters. The van der Waals surface area contributed by atoms with E-state index >= 15 is 4.39 Å². The van der Waals surface area contributed by atoms with Crippen molar-refractivity contribution >= 4 is 23.5 Å². The molecule has 0 unspecified atom stereocenters. The van der Waals surface area contributed by atoms with Crippen LogP contribution in [-0.4, -0.2) is 39.4 Å². The maximum absolute atomic E-state index is 15.1. The first-order valence-corrected chi connectivity index (χ1v) is 14.0. The number of carbonyl (C=O) groups excluding carboxylic acids is 1. The molecule has 1 aromatic heterocycles. The molecule has 0 saturated heterocycles. The van der Waals surface area contributed by atoms with Crippen LogP contribution in [0.4, 0.5) is 36.4 Å². The topological polar surface area (TPSA) is 126 Å². The Morgan fingerprint density at radius 1 is 0.875 bits per heavy atom. The Hall–Kier alpha value is -5.47. The Morgan fingerprint density at radius 2 is 1.54 bits per heavy atom. The highest BCUT2D eigenvalue weighted by Gasteiger charge is 2.53. The van der Waals surface area contributed by atoms with Gasteiger partial charge in [0.1, 0.15) is 23.1 Å². The fourth-order valence-electron chi connectivity index (χ4n) is 4.74. The zero-order chi connectivity index (χ0) is 35.4. The van der Waals surface area contributed by atoms with Crippen molar-refractivity contribution in [3.8, 4) is 16.9 Å². The number of pyridine rings is 1. The monoisotopic (exact) mass is 678 g/mol. The molecule has 252 valence electrons. The predicted octanol–water partition coefficient (Wildman–Crippen LogP) is 8.18. The molecule has 1 amide bonds. The van der Waals surface area contributed by atoms with Crippen molar-refractivity contribution in [1.82, 2.24) is 4.98 Å². The number of aromatic nitrogens is 1. The molecular formula is C33H25F7N2O6. The minimum Gasteiger partial charge on any atom is -0.478 e. The summed E-state index contributed by atoms with van der Waals surface area (Å²) >= 11 is 0. The number of carboxylic acid groups (broad SMARTS) is 2. The minimum absolute atomic E-state index is 0.0969. The Balaban J connectivity index is 0.000000500. The first kappa shape index (κ1) is 35.4. The zero-order valence-electron chi connectivity index (χ0n) is 24.7. The molecule has 0 radical (unpaired) electrons. The van der Waals surface area contributed by atoms with E-state index in [1.54, 1.807) is 30.3 Å². The summed E-state index contributed by atoms with van der Waals surface area (Å²) in [4.78, 5) is 38.8. The van der Waals surface area contributed by atoms with Crippen molar-refractivity contribution in [2.75, 3.05) is 5.32 Å². The van der Waals surface area contributed by atoms with Gasteiger partial charge in [0.05, 0.1) is 16.5 Å². The van der Waals surface area contributed by atoms with E-state index in [2.05, 4.69) is 15.0 Å². The number of aromatic carboxylic acids is 2. The summed E-state index contributed by atoms with van der Waals surface area (Å²) in [5.41, 5.74) is -3.36. The molecule has 48 heavy (non-hydrogen) atoms. The van der Waals surface area contributed by atoms with E-state index in [1.165, 1.54) is 6.92 Å². The normalized spacial score (nSPS) is 13.5. The third-order valence-electron chi connectivity index (χ3n) is 7.34. The first-order valence-electron chi connectivity index (χ1n) is 14.0. The Bertz CT molecular complexity index is 1830. The molecule has 15 heteroatoms. The lowest BCUT2D eigenvalue weighted by atomic mass is 9.93. The molecule has 1 aliphatic rings. The minimum atomic E-state index is -5.04. The van der Waals surface area contributed by atoms with Crippen LogP contribution in [0, 0.1) is 11.6 Å². The van der Waals surface area contributed by atoms with Crippen molar-refractivity contribution in [3.05, 3.63) is 113 Å². The van der Waals surface area contributed by atoms with Gasteiger partial charge in [-0.05, 0) is 49.2 Å². The summed E-state index contributed by atoms with van der Waals surface area (Å²) in [6.07, 6.45) is -4.40. The van der Waals surface area contributed by atoms with E-state index < -0.39 is 76.2 Å². The largest absolute Gasteiger partial charge is 0.573 e. The molecule has 1 fully saturated rings. The third kappa shape index (κ3) is 8.08. The number of alkyl halides is 5. The van der Waals surface area contributed by atoms with E-state index in [9.17, 15) is 45.8 Å². The van der Waals surface area contributed by atoms with Crippen LogP contribution in [0.15, 0.2) is 79.0 Å². The molecule has 1 heterocycles. The Labute approximate surface area is 267 Å². The van der Waals surface area contributed by atoms with Crippen LogP contribution in [0.1, 0.15) is 58.2 Å². The van der Waals surface area contributed by atoms with Crippen LogP contribution >= 0.6 is 0 Å². The SMILES string of the molecule is CCC(F)(F)c1ccc(-c2c(F)cc(NC(=O)C3(c4ccc(OC(F)(F)F)cc4F)CC3)cc2C(=O)O)cn1.O=C(O)c1ccccc1. The summed E-state index contributed by atoms with van der Waals surface area (Å²) in [5.74, 6) is -9.57. The van der Waals surface area contributed by atoms with Crippen LogP contribution < -0.4 is 10.1 Å². The number of nitrogens with zero attached hydrogens (tertiary/aromatic N) is 1. The van der Waals surface area contributed by atoms with Gasteiger partial charge in [0.2, 0.25) is 5.91 Å². The number of carbonyl (C=O) groups is 3. The predicted molar refractivity (Wildman–Crippen MR) is 157 cm³/mol. The average molecular weight is 679 g/mol. The summed E-state index contributed by atoms with van der Waals surface area (Å²) in [6, 6.07) is 14.4. The van der Waals surface area contributed by atoms with Crippen molar-refractivity contribution in [3.63, 3.8) is 0 Å². The number of amides is 1. The molecular weight excluding hydrogens is 653 g/mol. The standard InChI is InChI=1S/C26H19F7N2O4.C7H6O2/c1-2-25(29,30)20-6-3-13(12-34-20)21-16(22(36)37)9-14(10-19(21)28)35-23(38)24(7-8-24)17-5-4-15(11-18(17)27)39-26(31,32)33;8-7(9)6-4-2-1-3-5-6/h3-6,9-12H,2,7-8H2,1H3,(H,35,38)(H,36,37);1-5H,(H,8,9). The summed E-state index contributed by atoms with van der Waals surface area (Å²) in [5, 5.41) is 20.4. The van der Waals surface area contributed by atoms with Crippen molar-refractivity contribution < 1.29 is 60.1 Å². The maximum atomic E-state index is 15.1. The van der Waals surface area contributed by atoms with Gasteiger partial charge in [-0.15, -0.1) is 13.2 Å². The zero-order valence-corrected chi connectivity index (χ0v) is 24.7. The summed E-state index contributed by atoms with van der Waals surface area (Å²) in [6.45, 7) is 1.25. The lowest BCUT2D eigenvalue weighted by molar-refractivity contribution is -0.274. The smallest absolute Gasteiger partial charge is 0.478 e. The first-order chi connectivity index (χ1) is 22.5. The third-order valence-corrected chi connectivity index (χ3v) is 7.34. The van der Waals surface area contributed by atoms with Crippen molar-refractivity contribution in [1.29, 1.82) is 0 Å². The molecule has 1 saturated carbocycles. The number of nitrogens with one attached hydrogen (secondary N) is 1.